The molecule has 0 aromatic heterocycles. The van der Waals surface area contributed by atoms with Gasteiger partial charge in [-0.2, -0.15) is 0 Å². The van der Waals surface area contributed by atoms with Crippen LogP contribution in [-0.2, 0) is 6.42 Å². The first kappa shape index (κ1) is 13.1. The summed E-state index contributed by atoms with van der Waals surface area (Å²) in [6.07, 6.45) is 2.33. The topological polar surface area (TPSA) is 9.23 Å². The summed E-state index contributed by atoms with van der Waals surface area (Å²) in [7, 11) is 1.76. The van der Waals surface area contributed by atoms with Gasteiger partial charge in [0, 0.05) is 0 Å². The number of hydrogen-bond acceptors (Lipinski definition) is 1. The van der Waals surface area contributed by atoms with E-state index in [1.165, 1.54) is 17.5 Å². The van der Waals surface area contributed by atoms with E-state index in [1.54, 1.807) is 7.11 Å². The van der Waals surface area contributed by atoms with Gasteiger partial charge in [-0.3, -0.25) is 0 Å². The average molecular weight is 220 g/mol. The standard InChI is InChI=1S/C15H24O/c1-11(2)6-7-13-8-9-14(12(3)4)10-15(13)16-5/h8-12H,6-7H2,1-5H3. The lowest BCUT2D eigenvalue weighted by molar-refractivity contribution is 0.407. The fourth-order valence-corrected chi connectivity index (χ4v) is 1.77. The van der Waals surface area contributed by atoms with E-state index in [9.17, 15) is 0 Å². The van der Waals surface area contributed by atoms with E-state index in [1.807, 2.05) is 0 Å². The molecule has 1 aromatic carbocycles. The van der Waals surface area contributed by atoms with Crippen LogP contribution in [0.3, 0.4) is 0 Å². The van der Waals surface area contributed by atoms with Crippen LogP contribution >= 0.6 is 0 Å². The zero-order chi connectivity index (χ0) is 12.1. The van der Waals surface area contributed by atoms with Crippen LogP contribution in [0.15, 0.2) is 18.2 Å². The molecule has 1 rings (SSSR count). The normalized spacial score (nSPS) is 11.2. The molecule has 90 valence electrons. The van der Waals surface area contributed by atoms with Crippen molar-refractivity contribution in [3.63, 3.8) is 0 Å². The minimum Gasteiger partial charge on any atom is -0.496 e. The summed E-state index contributed by atoms with van der Waals surface area (Å²) in [4.78, 5) is 0. The third-order valence-corrected chi connectivity index (χ3v) is 2.97. The van der Waals surface area contributed by atoms with Crippen molar-refractivity contribution in [1.29, 1.82) is 0 Å². The van der Waals surface area contributed by atoms with Crippen LogP contribution < -0.4 is 4.74 Å². The van der Waals surface area contributed by atoms with Crippen LogP contribution in [-0.4, -0.2) is 7.11 Å². The van der Waals surface area contributed by atoms with Crippen LogP contribution in [0.2, 0.25) is 0 Å². The summed E-state index contributed by atoms with van der Waals surface area (Å²) < 4.78 is 5.47. The molecule has 0 N–H and O–H groups in total. The first-order valence-electron chi connectivity index (χ1n) is 6.21. The Balaban J connectivity index is 2.84. The molecule has 0 radical (unpaired) electrons. The van der Waals surface area contributed by atoms with Crippen molar-refractivity contribution in [2.24, 2.45) is 5.92 Å². The zero-order valence-electron chi connectivity index (χ0n) is 11.2. The summed E-state index contributed by atoms with van der Waals surface area (Å²) in [5, 5.41) is 0. The first-order valence-corrected chi connectivity index (χ1v) is 6.21. The molecule has 0 aliphatic heterocycles. The summed E-state index contributed by atoms with van der Waals surface area (Å²) >= 11 is 0. The van der Waals surface area contributed by atoms with Gasteiger partial charge in [0.15, 0.2) is 0 Å². The van der Waals surface area contributed by atoms with E-state index in [4.69, 9.17) is 4.74 Å². The summed E-state index contributed by atoms with van der Waals surface area (Å²) in [5.41, 5.74) is 2.69. The fraction of sp³-hybridized carbons (Fsp3) is 0.600. The van der Waals surface area contributed by atoms with Crippen LogP contribution in [0, 0.1) is 5.92 Å². The van der Waals surface area contributed by atoms with Crippen molar-refractivity contribution in [2.45, 2.75) is 46.5 Å². The molecule has 1 heteroatoms. The van der Waals surface area contributed by atoms with E-state index in [2.05, 4.69) is 45.9 Å². The van der Waals surface area contributed by atoms with Gasteiger partial charge in [-0.25, -0.2) is 0 Å². The highest BCUT2D eigenvalue weighted by atomic mass is 16.5. The first-order chi connectivity index (χ1) is 7.54. The quantitative estimate of drug-likeness (QED) is 0.714. The summed E-state index contributed by atoms with van der Waals surface area (Å²) in [6.45, 7) is 8.94. The Morgan fingerprint density at radius 1 is 1.12 bits per heavy atom. The smallest absolute Gasteiger partial charge is 0.122 e. The molecule has 0 amide bonds. The predicted octanol–water partition coefficient (Wildman–Crippen LogP) is 4.41. The van der Waals surface area contributed by atoms with Crippen LogP contribution in [0.4, 0.5) is 0 Å². The van der Waals surface area contributed by atoms with E-state index in [0.717, 1.165) is 18.1 Å². The minimum atomic E-state index is 0.563. The second-order valence-electron chi connectivity index (χ2n) is 5.16. The van der Waals surface area contributed by atoms with Gasteiger partial charge in [-0.05, 0) is 41.9 Å². The molecule has 16 heavy (non-hydrogen) atoms. The second kappa shape index (κ2) is 5.93. The third-order valence-electron chi connectivity index (χ3n) is 2.97. The average Bonchev–Trinajstić information content (AvgIpc) is 2.25. The Morgan fingerprint density at radius 3 is 2.31 bits per heavy atom. The van der Waals surface area contributed by atoms with E-state index in [-0.39, 0.29) is 0 Å². The Labute approximate surface area is 99.8 Å². The van der Waals surface area contributed by atoms with Gasteiger partial charge in [-0.15, -0.1) is 0 Å². The summed E-state index contributed by atoms with van der Waals surface area (Å²) in [5.74, 6) is 2.36. The van der Waals surface area contributed by atoms with Crippen molar-refractivity contribution < 1.29 is 4.74 Å². The molecular formula is C15H24O. The molecule has 0 aliphatic carbocycles. The minimum absolute atomic E-state index is 0.563. The highest BCUT2D eigenvalue weighted by molar-refractivity contribution is 5.38. The predicted molar refractivity (Wildman–Crippen MR) is 70.2 cm³/mol. The molecule has 0 fully saturated rings. The maximum Gasteiger partial charge on any atom is 0.122 e. The number of methoxy groups -OCH3 is 1. The Morgan fingerprint density at radius 2 is 1.81 bits per heavy atom. The molecule has 0 aliphatic rings. The van der Waals surface area contributed by atoms with E-state index in [0.29, 0.717) is 5.92 Å². The molecular weight excluding hydrogens is 196 g/mol. The molecule has 0 spiro atoms. The van der Waals surface area contributed by atoms with E-state index >= 15 is 0 Å². The number of ether oxygens (including phenoxy) is 1. The van der Waals surface area contributed by atoms with Crippen molar-refractivity contribution >= 4 is 0 Å². The van der Waals surface area contributed by atoms with Gasteiger partial charge in [0.25, 0.3) is 0 Å². The highest BCUT2D eigenvalue weighted by Crippen LogP contribution is 2.26. The number of hydrogen-bond donors (Lipinski definition) is 0. The SMILES string of the molecule is COc1cc(C(C)C)ccc1CCC(C)C. The van der Waals surface area contributed by atoms with Crippen LogP contribution in [0.5, 0.6) is 5.75 Å². The molecule has 0 atom stereocenters. The largest absolute Gasteiger partial charge is 0.496 e. The van der Waals surface area contributed by atoms with Crippen molar-refractivity contribution in [3.05, 3.63) is 29.3 Å². The van der Waals surface area contributed by atoms with Crippen LogP contribution in [0.1, 0.15) is 51.2 Å². The maximum atomic E-state index is 5.47. The molecule has 0 bridgehead atoms. The van der Waals surface area contributed by atoms with Gasteiger partial charge < -0.3 is 4.74 Å². The number of rotatable bonds is 5. The molecule has 0 saturated carbocycles. The molecule has 0 saturated heterocycles. The van der Waals surface area contributed by atoms with Gasteiger partial charge in [-0.1, -0.05) is 39.8 Å². The van der Waals surface area contributed by atoms with Gasteiger partial charge in [0.1, 0.15) is 5.75 Å². The van der Waals surface area contributed by atoms with Crippen molar-refractivity contribution in [2.75, 3.05) is 7.11 Å². The molecule has 0 unspecified atom stereocenters. The van der Waals surface area contributed by atoms with Crippen molar-refractivity contribution in [3.8, 4) is 5.75 Å². The van der Waals surface area contributed by atoms with Gasteiger partial charge >= 0.3 is 0 Å². The Bertz CT molecular complexity index is 326. The third kappa shape index (κ3) is 3.55. The highest BCUT2D eigenvalue weighted by Gasteiger charge is 2.07. The van der Waals surface area contributed by atoms with Gasteiger partial charge in [0.2, 0.25) is 0 Å². The monoisotopic (exact) mass is 220 g/mol. The van der Waals surface area contributed by atoms with Gasteiger partial charge in [0.05, 0.1) is 7.11 Å². The lowest BCUT2D eigenvalue weighted by Gasteiger charge is -2.13. The number of aryl methyl sites for hydroxylation is 1. The lowest BCUT2D eigenvalue weighted by Crippen LogP contribution is -1.98. The number of benzene rings is 1. The van der Waals surface area contributed by atoms with E-state index < -0.39 is 0 Å². The lowest BCUT2D eigenvalue weighted by atomic mass is 9.97. The molecule has 1 aromatic rings. The Kier molecular flexibility index (Phi) is 4.85. The van der Waals surface area contributed by atoms with Crippen molar-refractivity contribution in [1.82, 2.24) is 0 Å². The second-order valence-corrected chi connectivity index (χ2v) is 5.16. The maximum absolute atomic E-state index is 5.47. The van der Waals surface area contributed by atoms with Crippen LogP contribution in [0.25, 0.3) is 0 Å². The molecule has 1 nitrogen and oxygen atoms in total. The zero-order valence-corrected chi connectivity index (χ0v) is 11.2. The molecule has 0 heterocycles. The fourth-order valence-electron chi connectivity index (χ4n) is 1.77. The Hall–Kier alpha value is -0.980. The summed E-state index contributed by atoms with van der Waals surface area (Å²) in [6, 6.07) is 6.62.